The number of aryl methyl sites for hydroxylation is 1. The molecule has 1 atom stereocenters. The van der Waals surface area contributed by atoms with Crippen LogP contribution >= 0.6 is 0 Å². The van der Waals surface area contributed by atoms with Gasteiger partial charge < -0.3 is 10.2 Å². The summed E-state index contributed by atoms with van der Waals surface area (Å²) in [7, 11) is 2.03. The van der Waals surface area contributed by atoms with E-state index in [0.29, 0.717) is 0 Å². The fraction of sp³-hybridized carbons (Fsp3) is 0.600. The first-order valence-electron chi connectivity index (χ1n) is 6.76. The molecule has 0 aromatic heterocycles. The SMILES string of the molecule is CCN1CC(CCCNC)c2cc(C)ccc21. The maximum absolute atomic E-state index is 3.24. The van der Waals surface area contributed by atoms with Crippen LogP contribution < -0.4 is 10.2 Å². The number of hydrogen-bond donors (Lipinski definition) is 1. The number of benzene rings is 1. The van der Waals surface area contributed by atoms with Crippen molar-refractivity contribution in [1.29, 1.82) is 0 Å². The van der Waals surface area contributed by atoms with Gasteiger partial charge in [-0.3, -0.25) is 0 Å². The molecule has 1 heterocycles. The van der Waals surface area contributed by atoms with Crippen LogP contribution in [0.1, 0.15) is 36.8 Å². The number of fused-ring (bicyclic) bond motifs is 1. The lowest BCUT2D eigenvalue weighted by Crippen LogP contribution is -2.21. The van der Waals surface area contributed by atoms with Crippen molar-refractivity contribution < 1.29 is 0 Å². The number of nitrogens with zero attached hydrogens (tertiary/aromatic N) is 1. The van der Waals surface area contributed by atoms with Gasteiger partial charge in [0.05, 0.1) is 0 Å². The molecule has 0 saturated heterocycles. The van der Waals surface area contributed by atoms with E-state index < -0.39 is 0 Å². The van der Waals surface area contributed by atoms with E-state index in [1.807, 2.05) is 7.05 Å². The highest BCUT2D eigenvalue weighted by Gasteiger charge is 2.26. The first kappa shape index (κ1) is 12.4. The number of rotatable bonds is 5. The van der Waals surface area contributed by atoms with Gasteiger partial charge in [0.1, 0.15) is 0 Å². The number of likely N-dealkylation sites (N-methyl/N-ethyl adjacent to an activating group) is 1. The molecular weight excluding hydrogens is 208 g/mol. The molecule has 0 radical (unpaired) electrons. The van der Waals surface area contributed by atoms with Crippen LogP contribution in [0.4, 0.5) is 5.69 Å². The Morgan fingerprint density at radius 2 is 2.24 bits per heavy atom. The van der Waals surface area contributed by atoms with Gasteiger partial charge in [-0.2, -0.15) is 0 Å². The van der Waals surface area contributed by atoms with Crippen molar-refractivity contribution in [3.05, 3.63) is 29.3 Å². The summed E-state index contributed by atoms with van der Waals surface area (Å²) in [6.45, 7) is 7.90. The van der Waals surface area contributed by atoms with Gasteiger partial charge >= 0.3 is 0 Å². The molecule has 94 valence electrons. The largest absolute Gasteiger partial charge is 0.371 e. The monoisotopic (exact) mass is 232 g/mol. The summed E-state index contributed by atoms with van der Waals surface area (Å²) in [5.41, 5.74) is 4.43. The highest BCUT2D eigenvalue weighted by atomic mass is 15.1. The van der Waals surface area contributed by atoms with E-state index in [9.17, 15) is 0 Å². The molecule has 17 heavy (non-hydrogen) atoms. The molecular formula is C15H24N2. The Morgan fingerprint density at radius 3 is 2.94 bits per heavy atom. The van der Waals surface area contributed by atoms with E-state index in [1.165, 1.54) is 30.6 Å². The number of nitrogens with one attached hydrogen (secondary N) is 1. The Morgan fingerprint density at radius 1 is 1.41 bits per heavy atom. The lowest BCUT2D eigenvalue weighted by Gasteiger charge is -2.17. The summed E-state index contributed by atoms with van der Waals surface area (Å²) in [5, 5.41) is 3.24. The molecule has 0 fully saturated rings. The minimum Gasteiger partial charge on any atom is -0.371 e. The summed E-state index contributed by atoms with van der Waals surface area (Å²) in [4.78, 5) is 2.51. The first-order valence-corrected chi connectivity index (χ1v) is 6.76. The molecule has 1 unspecified atom stereocenters. The molecule has 0 bridgehead atoms. The average molecular weight is 232 g/mol. The smallest absolute Gasteiger partial charge is 0.0402 e. The Kier molecular flexibility index (Phi) is 4.06. The zero-order chi connectivity index (χ0) is 12.3. The van der Waals surface area contributed by atoms with Crippen molar-refractivity contribution in [1.82, 2.24) is 5.32 Å². The molecule has 2 nitrogen and oxygen atoms in total. The van der Waals surface area contributed by atoms with Crippen molar-refractivity contribution in [2.45, 2.75) is 32.6 Å². The maximum Gasteiger partial charge on any atom is 0.0402 e. The van der Waals surface area contributed by atoms with E-state index >= 15 is 0 Å². The van der Waals surface area contributed by atoms with Gasteiger partial charge in [0.15, 0.2) is 0 Å². The predicted octanol–water partition coefficient (Wildman–Crippen LogP) is 2.92. The second-order valence-electron chi connectivity index (χ2n) is 5.04. The lowest BCUT2D eigenvalue weighted by atomic mass is 9.95. The van der Waals surface area contributed by atoms with E-state index in [-0.39, 0.29) is 0 Å². The molecule has 1 aliphatic rings. The molecule has 0 aliphatic carbocycles. The van der Waals surface area contributed by atoms with Gasteiger partial charge in [-0.1, -0.05) is 17.7 Å². The summed E-state index contributed by atoms with van der Waals surface area (Å²) >= 11 is 0. The summed E-state index contributed by atoms with van der Waals surface area (Å²) in [6, 6.07) is 6.92. The van der Waals surface area contributed by atoms with Crippen LogP contribution in [0.3, 0.4) is 0 Å². The normalized spacial score (nSPS) is 18.5. The zero-order valence-electron chi connectivity index (χ0n) is 11.3. The second-order valence-corrected chi connectivity index (χ2v) is 5.04. The maximum atomic E-state index is 3.24. The minimum atomic E-state index is 0.734. The summed E-state index contributed by atoms with van der Waals surface area (Å²) in [6.07, 6.45) is 2.57. The van der Waals surface area contributed by atoms with Crippen LogP contribution in [-0.4, -0.2) is 26.7 Å². The predicted molar refractivity (Wildman–Crippen MR) is 75.0 cm³/mol. The van der Waals surface area contributed by atoms with E-state index in [1.54, 1.807) is 5.56 Å². The molecule has 2 rings (SSSR count). The van der Waals surface area contributed by atoms with Gasteiger partial charge in [-0.05, 0) is 51.9 Å². The van der Waals surface area contributed by atoms with Crippen LogP contribution in [0.5, 0.6) is 0 Å². The van der Waals surface area contributed by atoms with Gasteiger partial charge in [-0.25, -0.2) is 0 Å². The van der Waals surface area contributed by atoms with Crippen molar-refractivity contribution >= 4 is 5.69 Å². The molecule has 1 aromatic rings. The fourth-order valence-electron chi connectivity index (χ4n) is 2.82. The van der Waals surface area contributed by atoms with Crippen LogP contribution in [0.15, 0.2) is 18.2 Å². The first-order chi connectivity index (χ1) is 8.26. The number of anilines is 1. The van der Waals surface area contributed by atoms with Gasteiger partial charge in [0.2, 0.25) is 0 Å². The molecule has 1 aliphatic heterocycles. The standard InChI is InChI=1S/C15H24N2/c1-4-17-11-13(6-5-9-16-3)14-10-12(2)7-8-15(14)17/h7-8,10,13,16H,4-6,9,11H2,1-3H3. The van der Waals surface area contributed by atoms with E-state index in [4.69, 9.17) is 0 Å². The Labute approximate surface area is 105 Å². The molecule has 1 aromatic carbocycles. The van der Waals surface area contributed by atoms with Crippen molar-refractivity contribution in [2.75, 3.05) is 31.6 Å². The third-order valence-corrected chi connectivity index (χ3v) is 3.77. The molecule has 1 N–H and O–H groups in total. The molecule has 2 heteroatoms. The van der Waals surface area contributed by atoms with Crippen molar-refractivity contribution in [3.63, 3.8) is 0 Å². The topological polar surface area (TPSA) is 15.3 Å². The third kappa shape index (κ3) is 2.63. The van der Waals surface area contributed by atoms with Gasteiger partial charge in [0, 0.05) is 24.7 Å². The fourth-order valence-corrected chi connectivity index (χ4v) is 2.82. The third-order valence-electron chi connectivity index (χ3n) is 3.77. The summed E-state index contributed by atoms with van der Waals surface area (Å²) < 4.78 is 0. The molecule has 0 saturated carbocycles. The van der Waals surface area contributed by atoms with Crippen LogP contribution in [-0.2, 0) is 0 Å². The minimum absolute atomic E-state index is 0.734. The van der Waals surface area contributed by atoms with Crippen molar-refractivity contribution in [3.8, 4) is 0 Å². The molecule has 0 spiro atoms. The van der Waals surface area contributed by atoms with E-state index in [0.717, 1.165) is 19.0 Å². The Hall–Kier alpha value is -1.02. The van der Waals surface area contributed by atoms with Crippen LogP contribution in [0.2, 0.25) is 0 Å². The van der Waals surface area contributed by atoms with E-state index in [2.05, 4.69) is 42.3 Å². The Balaban J connectivity index is 2.14. The second kappa shape index (κ2) is 5.54. The summed E-state index contributed by atoms with van der Waals surface area (Å²) in [5.74, 6) is 0.734. The lowest BCUT2D eigenvalue weighted by molar-refractivity contribution is 0.588. The van der Waals surface area contributed by atoms with Crippen LogP contribution in [0, 0.1) is 6.92 Å². The number of hydrogen-bond acceptors (Lipinski definition) is 2. The Bertz CT molecular complexity index is 373. The van der Waals surface area contributed by atoms with Crippen LogP contribution in [0.25, 0.3) is 0 Å². The van der Waals surface area contributed by atoms with Crippen molar-refractivity contribution in [2.24, 2.45) is 0 Å². The van der Waals surface area contributed by atoms with Gasteiger partial charge in [0.25, 0.3) is 0 Å². The quantitative estimate of drug-likeness (QED) is 0.785. The highest BCUT2D eigenvalue weighted by Crippen LogP contribution is 2.38. The zero-order valence-corrected chi connectivity index (χ0v) is 11.3. The highest BCUT2D eigenvalue weighted by molar-refractivity contribution is 5.61. The average Bonchev–Trinajstić information content (AvgIpc) is 2.67. The molecule has 0 amide bonds. The van der Waals surface area contributed by atoms with Gasteiger partial charge in [-0.15, -0.1) is 0 Å².